The molecule has 88 valence electrons. The number of hydrogen-bond acceptors (Lipinski definition) is 3. The highest BCUT2D eigenvalue weighted by atomic mass is 16.3. The largest absolute Gasteiger partial charge is 0.392 e. The van der Waals surface area contributed by atoms with Gasteiger partial charge >= 0.3 is 0 Å². The van der Waals surface area contributed by atoms with E-state index < -0.39 is 0 Å². The summed E-state index contributed by atoms with van der Waals surface area (Å²) >= 11 is 0. The lowest BCUT2D eigenvalue weighted by atomic mass is 9.91. The maximum atomic E-state index is 9.23. The van der Waals surface area contributed by atoms with Crippen molar-refractivity contribution in [1.29, 1.82) is 0 Å². The zero-order chi connectivity index (χ0) is 11.4. The van der Waals surface area contributed by atoms with Crippen LogP contribution in [0.25, 0.3) is 0 Å². The van der Waals surface area contributed by atoms with Gasteiger partial charge in [0.05, 0.1) is 6.61 Å². The van der Waals surface area contributed by atoms with Gasteiger partial charge in [0.1, 0.15) is 0 Å². The van der Waals surface area contributed by atoms with Gasteiger partial charge in [0.15, 0.2) is 0 Å². The quantitative estimate of drug-likeness (QED) is 0.728. The van der Waals surface area contributed by atoms with E-state index in [0.29, 0.717) is 12.1 Å². The molecule has 1 fully saturated rings. The molecule has 0 bridgehead atoms. The van der Waals surface area contributed by atoms with Crippen molar-refractivity contribution in [3.05, 3.63) is 29.8 Å². The zero-order valence-corrected chi connectivity index (χ0v) is 9.52. The van der Waals surface area contributed by atoms with Crippen LogP contribution >= 0.6 is 0 Å². The number of rotatable bonds is 3. The van der Waals surface area contributed by atoms with Gasteiger partial charge in [0.2, 0.25) is 0 Å². The van der Waals surface area contributed by atoms with Crippen molar-refractivity contribution in [3.8, 4) is 0 Å². The number of aliphatic hydroxyl groups excluding tert-OH is 1. The van der Waals surface area contributed by atoms with Crippen LogP contribution in [0.3, 0.4) is 0 Å². The third-order valence-corrected chi connectivity index (χ3v) is 3.32. The summed E-state index contributed by atoms with van der Waals surface area (Å²) in [6.07, 6.45) is 4.44. The topological polar surface area (TPSA) is 58.3 Å². The van der Waals surface area contributed by atoms with E-state index >= 15 is 0 Å². The van der Waals surface area contributed by atoms with E-state index in [1.54, 1.807) is 0 Å². The monoisotopic (exact) mass is 220 g/mol. The lowest BCUT2D eigenvalue weighted by molar-refractivity contribution is 0.282. The normalized spacial score (nSPS) is 25.4. The third kappa shape index (κ3) is 2.74. The molecule has 3 nitrogen and oxygen atoms in total. The minimum absolute atomic E-state index is 0.0927. The lowest BCUT2D eigenvalue weighted by Crippen LogP contribution is -2.33. The standard InChI is InChI=1S/C13H20N2O/c14-11-5-7-12(8-6-11)15-13-4-2-1-3-10(13)9-16/h1-4,11-12,15-16H,5-9,14H2. The maximum Gasteiger partial charge on any atom is 0.0701 e. The molecule has 0 aromatic heterocycles. The lowest BCUT2D eigenvalue weighted by Gasteiger charge is -2.28. The summed E-state index contributed by atoms with van der Waals surface area (Å²) in [5.41, 5.74) is 7.91. The molecule has 1 aromatic carbocycles. The van der Waals surface area contributed by atoms with Gasteiger partial charge in [-0.25, -0.2) is 0 Å². The number of nitrogens with two attached hydrogens (primary N) is 1. The van der Waals surface area contributed by atoms with E-state index in [0.717, 1.165) is 36.9 Å². The molecule has 4 N–H and O–H groups in total. The van der Waals surface area contributed by atoms with Crippen molar-refractivity contribution in [2.24, 2.45) is 5.73 Å². The molecule has 2 rings (SSSR count). The van der Waals surface area contributed by atoms with E-state index in [-0.39, 0.29) is 6.61 Å². The molecule has 1 saturated carbocycles. The minimum atomic E-state index is 0.0927. The van der Waals surface area contributed by atoms with Crippen molar-refractivity contribution in [3.63, 3.8) is 0 Å². The summed E-state index contributed by atoms with van der Waals surface area (Å²) in [6, 6.07) is 8.82. The maximum absolute atomic E-state index is 9.23. The summed E-state index contributed by atoms with van der Waals surface area (Å²) in [4.78, 5) is 0. The predicted octanol–water partition coefficient (Wildman–Crippen LogP) is 1.86. The number of nitrogens with one attached hydrogen (secondary N) is 1. The Bertz CT molecular complexity index is 332. The molecule has 3 heteroatoms. The highest BCUT2D eigenvalue weighted by molar-refractivity contribution is 5.51. The van der Waals surface area contributed by atoms with E-state index in [1.165, 1.54) is 0 Å². The molecule has 1 aromatic rings. The Morgan fingerprint density at radius 1 is 1.19 bits per heavy atom. The molecule has 0 radical (unpaired) electrons. The van der Waals surface area contributed by atoms with Crippen LogP contribution in [-0.2, 0) is 6.61 Å². The van der Waals surface area contributed by atoms with Crippen molar-refractivity contribution in [1.82, 2.24) is 0 Å². The Morgan fingerprint density at radius 3 is 2.56 bits per heavy atom. The van der Waals surface area contributed by atoms with Gasteiger partial charge in [-0.1, -0.05) is 18.2 Å². The van der Waals surface area contributed by atoms with Crippen LogP contribution in [0, 0.1) is 0 Å². The smallest absolute Gasteiger partial charge is 0.0701 e. The highest BCUT2D eigenvalue weighted by Gasteiger charge is 2.18. The molecule has 0 atom stereocenters. The van der Waals surface area contributed by atoms with Crippen molar-refractivity contribution < 1.29 is 5.11 Å². The molecule has 16 heavy (non-hydrogen) atoms. The molecular formula is C13H20N2O. The summed E-state index contributed by atoms with van der Waals surface area (Å²) < 4.78 is 0. The fourth-order valence-electron chi connectivity index (χ4n) is 2.28. The second-order valence-corrected chi connectivity index (χ2v) is 4.57. The Morgan fingerprint density at radius 2 is 1.88 bits per heavy atom. The fraction of sp³-hybridized carbons (Fsp3) is 0.538. The van der Waals surface area contributed by atoms with Gasteiger partial charge in [0.25, 0.3) is 0 Å². The SMILES string of the molecule is NC1CCC(Nc2ccccc2CO)CC1. The van der Waals surface area contributed by atoms with Crippen LogP contribution in [0.2, 0.25) is 0 Å². The average molecular weight is 220 g/mol. The zero-order valence-electron chi connectivity index (χ0n) is 9.52. The van der Waals surface area contributed by atoms with Crippen LogP contribution in [0.5, 0.6) is 0 Å². The second-order valence-electron chi connectivity index (χ2n) is 4.57. The predicted molar refractivity (Wildman–Crippen MR) is 66.2 cm³/mol. The summed E-state index contributed by atoms with van der Waals surface area (Å²) in [7, 11) is 0. The molecule has 0 spiro atoms. The van der Waals surface area contributed by atoms with Gasteiger partial charge in [-0.2, -0.15) is 0 Å². The number of aliphatic hydroxyl groups is 1. The molecule has 0 aliphatic heterocycles. The van der Waals surface area contributed by atoms with Crippen LogP contribution in [-0.4, -0.2) is 17.2 Å². The second kappa shape index (κ2) is 5.32. The number of hydrogen-bond donors (Lipinski definition) is 3. The number of para-hydroxylation sites is 1. The van der Waals surface area contributed by atoms with Gasteiger partial charge in [-0.3, -0.25) is 0 Å². The molecule has 0 amide bonds. The first-order valence-electron chi connectivity index (χ1n) is 6.00. The van der Waals surface area contributed by atoms with Crippen molar-refractivity contribution in [2.45, 2.75) is 44.4 Å². The van der Waals surface area contributed by atoms with Crippen LogP contribution in [0.1, 0.15) is 31.2 Å². The summed E-state index contributed by atoms with van der Waals surface area (Å²) in [6.45, 7) is 0.0927. The van der Waals surface area contributed by atoms with Crippen LogP contribution in [0.4, 0.5) is 5.69 Å². The average Bonchev–Trinajstić information content (AvgIpc) is 2.33. The van der Waals surface area contributed by atoms with Gasteiger partial charge < -0.3 is 16.2 Å². The first-order valence-corrected chi connectivity index (χ1v) is 6.00. The molecule has 0 saturated heterocycles. The van der Waals surface area contributed by atoms with Gasteiger partial charge in [-0.15, -0.1) is 0 Å². The summed E-state index contributed by atoms with van der Waals surface area (Å²) in [5, 5.41) is 12.7. The van der Waals surface area contributed by atoms with E-state index in [1.807, 2.05) is 24.3 Å². The van der Waals surface area contributed by atoms with Crippen LogP contribution in [0.15, 0.2) is 24.3 Å². The van der Waals surface area contributed by atoms with Crippen LogP contribution < -0.4 is 11.1 Å². The van der Waals surface area contributed by atoms with E-state index in [4.69, 9.17) is 5.73 Å². The Labute approximate surface area is 96.7 Å². The highest BCUT2D eigenvalue weighted by Crippen LogP contribution is 2.23. The van der Waals surface area contributed by atoms with Gasteiger partial charge in [0, 0.05) is 23.3 Å². The Hall–Kier alpha value is -1.06. The third-order valence-electron chi connectivity index (χ3n) is 3.32. The van der Waals surface area contributed by atoms with Gasteiger partial charge in [-0.05, 0) is 31.7 Å². The number of anilines is 1. The molecular weight excluding hydrogens is 200 g/mol. The Balaban J connectivity index is 1.98. The number of benzene rings is 1. The van der Waals surface area contributed by atoms with Crippen molar-refractivity contribution >= 4 is 5.69 Å². The first kappa shape index (κ1) is 11.4. The van der Waals surface area contributed by atoms with E-state index in [2.05, 4.69) is 5.32 Å². The minimum Gasteiger partial charge on any atom is -0.392 e. The molecule has 0 unspecified atom stereocenters. The first-order chi connectivity index (χ1) is 7.79. The molecule has 1 aliphatic carbocycles. The van der Waals surface area contributed by atoms with E-state index in [9.17, 15) is 5.11 Å². The Kier molecular flexibility index (Phi) is 3.80. The molecule has 0 heterocycles. The fourth-order valence-corrected chi connectivity index (χ4v) is 2.28. The van der Waals surface area contributed by atoms with Crippen molar-refractivity contribution in [2.75, 3.05) is 5.32 Å². The summed E-state index contributed by atoms with van der Waals surface area (Å²) in [5.74, 6) is 0. The molecule has 1 aliphatic rings.